The van der Waals surface area contributed by atoms with E-state index in [2.05, 4.69) is 10.1 Å². The molecule has 0 atom stereocenters. The number of aromatic nitrogens is 2. The first kappa shape index (κ1) is 12.9. The Morgan fingerprint density at radius 1 is 1.37 bits per heavy atom. The first-order valence-electron chi connectivity index (χ1n) is 5.12. The van der Waals surface area contributed by atoms with Crippen LogP contribution in [0, 0.1) is 0 Å². The number of nitrogens with zero attached hydrogens (tertiary/aromatic N) is 3. The van der Waals surface area contributed by atoms with E-state index in [4.69, 9.17) is 10.9 Å². The van der Waals surface area contributed by atoms with E-state index in [-0.39, 0.29) is 17.3 Å². The summed E-state index contributed by atoms with van der Waals surface area (Å²) in [4.78, 5) is 3.84. The van der Waals surface area contributed by atoms with E-state index in [1.54, 1.807) is 6.07 Å². The van der Waals surface area contributed by atoms with Gasteiger partial charge in [0.25, 0.3) is 0 Å². The molecule has 19 heavy (non-hydrogen) atoms. The van der Waals surface area contributed by atoms with Crippen LogP contribution in [0.3, 0.4) is 0 Å². The Morgan fingerprint density at radius 3 is 2.74 bits per heavy atom. The molecule has 3 N–H and O–H groups in total. The molecule has 2 aromatic rings. The van der Waals surface area contributed by atoms with Gasteiger partial charge in [-0.2, -0.15) is 13.2 Å². The van der Waals surface area contributed by atoms with Crippen LogP contribution in [0.1, 0.15) is 11.3 Å². The second-order valence-electron chi connectivity index (χ2n) is 3.65. The van der Waals surface area contributed by atoms with Crippen molar-refractivity contribution in [2.24, 2.45) is 10.9 Å². The van der Waals surface area contributed by atoms with Gasteiger partial charge in [-0.25, -0.2) is 4.98 Å². The average Bonchev–Trinajstić information content (AvgIpc) is 2.86. The number of halogens is 3. The number of rotatable bonds is 2. The zero-order chi connectivity index (χ0) is 14.0. The van der Waals surface area contributed by atoms with Crippen LogP contribution in [0.4, 0.5) is 13.2 Å². The first-order chi connectivity index (χ1) is 8.93. The maximum Gasteiger partial charge on any atom is 0.416 e. The van der Waals surface area contributed by atoms with E-state index in [1.807, 2.05) is 0 Å². The van der Waals surface area contributed by atoms with Gasteiger partial charge in [0.05, 0.1) is 11.3 Å². The van der Waals surface area contributed by atoms with Gasteiger partial charge in [-0.05, 0) is 24.3 Å². The number of hydrogen-bond donors (Lipinski definition) is 2. The Morgan fingerprint density at radius 2 is 2.11 bits per heavy atom. The molecule has 0 spiro atoms. The number of hydrogen-bond acceptors (Lipinski definition) is 3. The van der Waals surface area contributed by atoms with Crippen LogP contribution in [0.15, 0.2) is 41.8 Å². The standard InChI is InChI=1S/C11H9F3N4O/c12-11(13,14)7-3-4-16-9(6-7)18-5-1-2-8(18)10(15)17-19/h1-6,19H,(H2,15,17). The van der Waals surface area contributed by atoms with E-state index < -0.39 is 11.7 Å². The van der Waals surface area contributed by atoms with Crippen LogP contribution in [-0.2, 0) is 6.18 Å². The van der Waals surface area contributed by atoms with Crippen LogP contribution in [0.25, 0.3) is 5.82 Å². The van der Waals surface area contributed by atoms with Gasteiger partial charge in [0.1, 0.15) is 5.82 Å². The van der Waals surface area contributed by atoms with E-state index >= 15 is 0 Å². The van der Waals surface area contributed by atoms with Crippen molar-refractivity contribution in [3.8, 4) is 5.82 Å². The molecule has 0 saturated carbocycles. The summed E-state index contributed by atoms with van der Waals surface area (Å²) in [6.07, 6.45) is -1.94. The second-order valence-corrected chi connectivity index (χ2v) is 3.65. The van der Waals surface area contributed by atoms with Crippen LogP contribution < -0.4 is 5.73 Å². The maximum atomic E-state index is 12.6. The fourth-order valence-corrected chi connectivity index (χ4v) is 1.57. The third-order valence-electron chi connectivity index (χ3n) is 2.44. The summed E-state index contributed by atoms with van der Waals surface area (Å²) in [5, 5.41) is 11.4. The lowest BCUT2D eigenvalue weighted by Gasteiger charge is -2.10. The van der Waals surface area contributed by atoms with Crippen molar-refractivity contribution in [1.29, 1.82) is 0 Å². The van der Waals surface area contributed by atoms with Gasteiger partial charge >= 0.3 is 6.18 Å². The fourth-order valence-electron chi connectivity index (χ4n) is 1.57. The Labute approximate surface area is 105 Å². The second kappa shape index (κ2) is 4.63. The normalized spacial score (nSPS) is 12.7. The third-order valence-corrected chi connectivity index (χ3v) is 2.44. The van der Waals surface area contributed by atoms with Crippen LogP contribution in [0.2, 0.25) is 0 Å². The van der Waals surface area contributed by atoms with Gasteiger partial charge in [0.2, 0.25) is 0 Å². The highest BCUT2D eigenvalue weighted by Crippen LogP contribution is 2.29. The highest BCUT2D eigenvalue weighted by atomic mass is 19.4. The Kier molecular flexibility index (Phi) is 3.16. The van der Waals surface area contributed by atoms with Crippen molar-refractivity contribution in [3.63, 3.8) is 0 Å². The molecule has 5 nitrogen and oxygen atoms in total. The van der Waals surface area contributed by atoms with Gasteiger partial charge < -0.3 is 10.9 Å². The maximum absolute atomic E-state index is 12.6. The Balaban J connectivity index is 2.52. The summed E-state index contributed by atoms with van der Waals surface area (Å²) in [5.41, 5.74) is 4.85. The van der Waals surface area contributed by atoms with E-state index in [0.717, 1.165) is 18.3 Å². The zero-order valence-electron chi connectivity index (χ0n) is 9.46. The zero-order valence-corrected chi connectivity index (χ0v) is 9.46. The number of nitrogens with two attached hydrogens (primary N) is 1. The molecule has 2 heterocycles. The molecular weight excluding hydrogens is 261 g/mol. The summed E-state index contributed by atoms with van der Waals surface area (Å²) in [6.45, 7) is 0. The minimum Gasteiger partial charge on any atom is -0.409 e. The Bertz CT molecular complexity index is 618. The van der Waals surface area contributed by atoms with Gasteiger partial charge in [-0.1, -0.05) is 5.16 Å². The minimum atomic E-state index is -4.46. The lowest BCUT2D eigenvalue weighted by atomic mass is 10.2. The molecule has 0 aliphatic heterocycles. The van der Waals surface area contributed by atoms with Crippen molar-refractivity contribution < 1.29 is 18.4 Å². The monoisotopic (exact) mass is 270 g/mol. The molecule has 8 heteroatoms. The molecule has 0 unspecified atom stereocenters. The number of pyridine rings is 1. The molecule has 0 bridgehead atoms. The molecule has 100 valence electrons. The topological polar surface area (TPSA) is 76.4 Å². The highest BCUT2D eigenvalue weighted by Gasteiger charge is 2.31. The largest absolute Gasteiger partial charge is 0.416 e. The molecule has 0 amide bonds. The molecule has 2 rings (SSSR count). The number of oxime groups is 1. The van der Waals surface area contributed by atoms with Gasteiger partial charge in [-0.3, -0.25) is 4.57 Å². The summed E-state index contributed by atoms with van der Waals surface area (Å²) in [5.74, 6) is -0.189. The molecular formula is C11H9F3N4O. The first-order valence-corrected chi connectivity index (χ1v) is 5.12. The average molecular weight is 270 g/mol. The van der Waals surface area contributed by atoms with Crippen molar-refractivity contribution in [3.05, 3.63) is 47.9 Å². The van der Waals surface area contributed by atoms with Gasteiger partial charge in [0.15, 0.2) is 5.84 Å². The van der Waals surface area contributed by atoms with Gasteiger partial charge in [0, 0.05) is 12.4 Å². The van der Waals surface area contributed by atoms with Crippen molar-refractivity contribution >= 4 is 5.84 Å². The lowest BCUT2D eigenvalue weighted by Crippen LogP contribution is -2.18. The molecule has 0 fully saturated rings. The van der Waals surface area contributed by atoms with Crippen LogP contribution in [-0.4, -0.2) is 20.6 Å². The lowest BCUT2D eigenvalue weighted by molar-refractivity contribution is -0.137. The molecule has 0 radical (unpaired) electrons. The number of alkyl halides is 3. The Hall–Kier alpha value is -2.51. The molecule has 0 aromatic carbocycles. The van der Waals surface area contributed by atoms with E-state index in [1.165, 1.54) is 16.8 Å². The fraction of sp³-hybridized carbons (Fsp3) is 0.0909. The highest BCUT2D eigenvalue weighted by molar-refractivity contribution is 5.96. The summed E-state index contributed by atoms with van der Waals surface area (Å²) >= 11 is 0. The molecule has 0 saturated heterocycles. The van der Waals surface area contributed by atoms with Crippen molar-refractivity contribution in [2.45, 2.75) is 6.18 Å². The van der Waals surface area contributed by atoms with Crippen molar-refractivity contribution in [2.75, 3.05) is 0 Å². The SMILES string of the molecule is N/C(=N/O)c1cccn1-c1cc(C(F)(F)F)ccn1. The quantitative estimate of drug-likeness (QED) is 0.379. The summed E-state index contributed by atoms with van der Waals surface area (Å²) in [7, 11) is 0. The third kappa shape index (κ3) is 2.51. The van der Waals surface area contributed by atoms with E-state index in [0.29, 0.717) is 0 Å². The molecule has 0 aliphatic rings. The minimum absolute atomic E-state index is 0.0291. The summed E-state index contributed by atoms with van der Waals surface area (Å²) in [6, 6.07) is 4.80. The molecule has 2 aromatic heterocycles. The van der Waals surface area contributed by atoms with E-state index in [9.17, 15) is 13.2 Å². The predicted molar refractivity (Wildman–Crippen MR) is 61.1 cm³/mol. The van der Waals surface area contributed by atoms with Crippen LogP contribution >= 0.6 is 0 Å². The van der Waals surface area contributed by atoms with Crippen molar-refractivity contribution in [1.82, 2.24) is 9.55 Å². The summed E-state index contributed by atoms with van der Waals surface area (Å²) < 4.78 is 39.1. The molecule has 0 aliphatic carbocycles. The smallest absolute Gasteiger partial charge is 0.409 e. The number of amidine groups is 1. The predicted octanol–water partition coefficient (Wildman–Crippen LogP) is 1.99. The van der Waals surface area contributed by atoms with Crippen LogP contribution in [0.5, 0.6) is 0 Å². The van der Waals surface area contributed by atoms with Gasteiger partial charge in [-0.15, -0.1) is 0 Å².